The van der Waals surface area contributed by atoms with Crippen LogP contribution in [0, 0.1) is 0 Å². The van der Waals surface area contributed by atoms with Crippen LogP contribution in [-0.4, -0.2) is 12.4 Å². The first kappa shape index (κ1) is 13.8. The number of aryl methyl sites for hydroxylation is 2. The molecule has 0 bridgehead atoms. The third kappa shape index (κ3) is 4.59. The number of carbonyl (C=O) groups excluding carboxylic acids is 1. The van der Waals surface area contributed by atoms with Crippen LogP contribution in [0.2, 0.25) is 0 Å². The summed E-state index contributed by atoms with van der Waals surface area (Å²) in [5.74, 6) is 1.22. The zero-order chi connectivity index (χ0) is 12.7. The number of rotatable bonds is 7. The quantitative estimate of drug-likeness (QED) is 0.721. The summed E-state index contributed by atoms with van der Waals surface area (Å²) < 4.78 is 5.49. The van der Waals surface area contributed by atoms with Gasteiger partial charge in [-0.15, -0.1) is 0 Å². The standard InChI is InChI=1S/C15H22O2/c1-4-13-11-15(17-5-2)10-9-14(13)8-6-7-12(3)16/h9-11H,4-8H2,1-3H3. The molecule has 0 fully saturated rings. The van der Waals surface area contributed by atoms with E-state index in [4.69, 9.17) is 4.74 Å². The Morgan fingerprint density at radius 2 is 2.00 bits per heavy atom. The Balaban J connectivity index is 2.67. The molecular weight excluding hydrogens is 212 g/mol. The van der Waals surface area contributed by atoms with Crippen molar-refractivity contribution in [3.8, 4) is 5.75 Å². The van der Waals surface area contributed by atoms with Gasteiger partial charge in [-0.05, 0) is 56.4 Å². The SMILES string of the molecule is CCOc1ccc(CCCC(C)=O)c(CC)c1. The number of Topliss-reactive ketones (excluding diaryl/α,β-unsaturated/α-hetero) is 1. The van der Waals surface area contributed by atoms with Crippen LogP contribution in [-0.2, 0) is 17.6 Å². The fourth-order valence-corrected chi connectivity index (χ4v) is 1.96. The highest BCUT2D eigenvalue weighted by Crippen LogP contribution is 2.20. The second kappa shape index (κ2) is 7.10. The minimum absolute atomic E-state index is 0.272. The van der Waals surface area contributed by atoms with E-state index in [1.807, 2.05) is 13.0 Å². The molecule has 0 unspecified atom stereocenters. The number of hydrogen-bond acceptors (Lipinski definition) is 2. The zero-order valence-corrected chi connectivity index (χ0v) is 11.1. The Morgan fingerprint density at radius 3 is 2.59 bits per heavy atom. The van der Waals surface area contributed by atoms with Crippen molar-refractivity contribution < 1.29 is 9.53 Å². The van der Waals surface area contributed by atoms with Gasteiger partial charge in [0, 0.05) is 6.42 Å². The van der Waals surface area contributed by atoms with Gasteiger partial charge in [-0.2, -0.15) is 0 Å². The van der Waals surface area contributed by atoms with Crippen molar-refractivity contribution in [2.75, 3.05) is 6.61 Å². The monoisotopic (exact) mass is 234 g/mol. The fourth-order valence-electron chi connectivity index (χ4n) is 1.96. The maximum atomic E-state index is 10.9. The number of ether oxygens (including phenoxy) is 1. The predicted octanol–water partition coefficient (Wildman–Crippen LogP) is 3.56. The molecule has 0 amide bonds. The van der Waals surface area contributed by atoms with Crippen molar-refractivity contribution >= 4 is 5.78 Å². The highest BCUT2D eigenvalue weighted by atomic mass is 16.5. The Hall–Kier alpha value is -1.31. The molecule has 1 aromatic rings. The Kier molecular flexibility index (Phi) is 5.75. The van der Waals surface area contributed by atoms with Crippen LogP contribution in [0.3, 0.4) is 0 Å². The normalized spacial score (nSPS) is 10.3. The van der Waals surface area contributed by atoms with Gasteiger partial charge in [0.1, 0.15) is 11.5 Å². The first-order valence-electron chi connectivity index (χ1n) is 6.41. The lowest BCUT2D eigenvalue weighted by molar-refractivity contribution is -0.117. The van der Waals surface area contributed by atoms with Gasteiger partial charge < -0.3 is 9.53 Å². The summed E-state index contributed by atoms with van der Waals surface area (Å²) in [5, 5.41) is 0. The van der Waals surface area contributed by atoms with Crippen LogP contribution in [0.1, 0.15) is 44.7 Å². The molecular formula is C15H22O2. The highest BCUT2D eigenvalue weighted by Gasteiger charge is 2.04. The van der Waals surface area contributed by atoms with Gasteiger partial charge >= 0.3 is 0 Å². The summed E-state index contributed by atoms with van der Waals surface area (Å²) in [7, 11) is 0. The highest BCUT2D eigenvalue weighted by molar-refractivity contribution is 5.75. The van der Waals surface area contributed by atoms with Gasteiger partial charge in [-0.1, -0.05) is 13.0 Å². The van der Waals surface area contributed by atoms with Gasteiger partial charge in [-0.25, -0.2) is 0 Å². The van der Waals surface area contributed by atoms with Crippen molar-refractivity contribution in [2.45, 2.75) is 46.5 Å². The van der Waals surface area contributed by atoms with Crippen LogP contribution in [0.5, 0.6) is 5.75 Å². The third-order valence-corrected chi connectivity index (χ3v) is 2.84. The molecule has 2 nitrogen and oxygen atoms in total. The second-order valence-electron chi connectivity index (χ2n) is 4.27. The van der Waals surface area contributed by atoms with Crippen molar-refractivity contribution in [2.24, 2.45) is 0 Å². The molecule has 2 heteroatoms. The number of benzene rings is 1. The van der Waals surface area contributed by atoms with Crippen LogP contribution in [0.15, 0.2) is 18.2 Å². The molecule has 0 aliphatic heterocycles. The van der Waals surface area contributed by atoms with E-state index >= 15 is 0 Å². The Labute approximate surface area is 104 Å². The summed E-state index contributed by atoms with van der Waals surface area (Å²) in [4.78, 5) is 10.9. The minimum Gasteiger partial charge on any atom is -0.494 e. The van der Waals surface area contributed by atoms with Gasteiger partial charge in [0.2, 0.25) is 0 Å². The van der Waals surface area contributed by atoms with E-state index in [1.165, 1.54) is 11.1 Å². The van der Waals surface area contributed by atoms with E-state index in [0.29, 0.717) is 13.0 Å². The van der Waals surface area contributed by atoms with Gasteiger partial charge in [0.25, 0.3) is 0 Å². The molecule has 0 aliphatic rings. The van der Waals surface area contributed by atoms with Crippen molar-refractivity contribution in [1.29, 1.82) is 0 Å². The van der Waals surface area contributed by atoms with Gasteiger partial charge in [0.15, 0.2) is 0 Å². The van der Waals surface area contributed by atoms with E-state index in [9.17, 15) is 4.79 Å². The second-order valence-corrected chi connectivity index (χ2v) is 4.27. The third-order valence-electron chi connectivity index (χ3n) is 2.84. The maximum Gasteiger partial charge on any atom is 0.129 e. The summed E-state index contributed by atoms with van der Waals surface area (Å²) >= 11 is 0. The molecule has 0 radical (unpaired) electrons. The van der Waals surface area contributed by atoms with Crippen LogP contribution in [0.4, 0.5) is 0 Å². The largest absolute Gasteiger partial charge is 0.494 e. The molecule has 0 N–H and O–H groups in total. The predicted molar refractivity (Wildman–Crippen MR) is 70.6 cm³/mol. The molecule has 0 aliphatic carbocycles. The summed E-state index contributed by atoms with van der Waals surface area (Å²) in [6.45, 7) is 6.50. The first-order chi connectivity index (χ1) is 8.17. The molecule has 1 aromatic carbocycles. The number of carbonyl (C=O) groups is 1. The fraction of sp³-hybridized carbons (Fsp3) is 0.533. The van der Waals surface area contributed by atoms with Crippen LogP contribution >= 0.6 is 0 Å². The van der Waals surface area contributed by atoms with E-state index in [-0.39, 0.29) is 5.78 Å². The van der Waals surface area contributed by atoms with Crippen molar-refractivity contribution in [3.63, 3.8) is 0 Å². The van der Waals surface area contributed by atoms with Crippen molar-refractivity contribution in [3.05, 3.63) is 29.3 Å². The lowest BCUT2D eigenvalue weighted by Gasteiger charge is -2.10. The molecule has 0 saturated carbocycles. The minimum atomic E-state index is 0.272. The van der Waals surface area contributed by atoms with Gasteiger partial charge in [0.05, 0.1) is 6.61 Å². The summed E-state index contributed by atoms with van der Waals surface area (Å²) in [6, 6.07) is 6.27. The zero-order valence-electron chi connectivity index (χ0n) is 11.1. The molecule has 1 rings (SSSR count). The van der Waals surface area contributed by atoms with Crippen molar-refractivity contribution in [1.82, 2.24) is 0 Å². The van der Waals surface area contributed by atoms with Crippen LogP contribution < -0.4 is 4.74 Å². The Morgan fingerprint density at radius 1 is 1.24 bits per heavy atom. The smallest absolute Gasteiger partial charge is 0.129 e. The van der Waals surface area contributed by atoms with E-state index in [2.05, 4.69) is 19.1 Å². The average molecular weight is 234 g/mol. The molecule has 0 spiro atoms. The number of ketones is 1. The number of hydrogen-bond donors (Lipinski definition) is 0. The van der Waals surface area contributed by atoms with E-state index in [1.54, 1.807) is 6.92 Å². The molecule has 0 aromatic heterocycles. The first-order valence-corrected chi connectivity index (χ1v) is 6.41. The van der Waals surface area contributed by atoms with E-state index < -0.39 is 0 Å². The van der Waals surface area contributed by atoms with E-state index in [0.717, 1.165) is 25.0 Å². The van der Waals surface area contributed by atoms with Gasteiger partial charge in [-0.3, -0.25) is 0 Å². The molecule has 0 atom stereocenters. The summed E-state index contributed by atoms with van der Waals surface area (Å²) in [5.41, 5.74) is 2.68. The molecule has 17 heavy (non-hydrogen) atoms. The topological polar surface area (TPSA) is 26.3 Å². The maximum absolute atomic E-state index is 10.9. The summed E-state index contributed by atoms with van der Waals surface area (Å²) in [6.07, 6.45) is 3.61. The average Bonchev–Trinajstić information content (AvgIpc) is 2.30. The lowest BCUT2D eigenvalue weighted by atomic mass is 9.99. The Bertz CT molecular complexity index is 369. The van der Waals surface area contributed by atoms with Crippen LogP contribution in [0.25, 0.3) is 0 Å². The lowest BCUT2D eigenvalue weighted by Crippen LogP contribution is -1.98. The molecule has 94 valence electrons. The molecule has 0 heterocycles. The molecule has 0 saturated heterocycles.